The summed E-state index contributed by atoms with van der Waals surface area (Å²) in [7, 11) is -1.69. The van der Waals surface area contributed by atoms with Crippen molar-refractivity contribution in [2.24, 2.45) is 0 Å². The Labute approximate surface area is 106 Å². The Hall–Kier alpha value is 0.0569. The molecule has 0 aromatic carbocycles. The monoisotopic (exact) mass is 262 g/mol. The summed E-state index contributed by atoms with van der Waals surface area (Å²) in [5, 5.41) is 0. The van der Waals surface area contributed by atoms with Crippen LogP contribution >= 0.6 is 0 Å². The number of ether oxygens (including phenoxy) is 2. The molecule has 0 aromatic heterocycles. The molecule has 2 unspecified atom stereocenters. The lowest BCUT2D eigenvalue weighted by Crippen LogP contribution is -2.40. The van der Waals surface area contributed by atoms with Gasteiger partial charge in [-0.3, -0.25) is 0 Å². The van der Waals surface area contributed by atoms with Crippen molar-refractivity contribution in [3.63, 3.8) is 0 Å². The first-order chi connectivity index (χ1) is 8.31. The SMILES string of the molecule is CCCCC(OCC1CO1)[SiH](OCC)OCC. The highest BCUT2D eigenvalue weighted by molar-refractivity contribution is 6.46. The van der Waals surface area contributed by atoms with Crippen LogP contribution in [0.25, 0.3) is 0 Å². The largest absolute Gasteiger partial charge is 0.395 e. The molecule has 0 radical (unpaired) electrons. The summed E-state index contributed by atoms with van der Waals surface area (Å²) in [6.07, 6.45) is 3.70. The molecule has 0 saturated carbocycles. The van der Waals surface area contributed by atoms with Gasteiger partial charge in [0.25, 0.3) is 0 Å². The summed E-state index contributed by atoms with van der Waals surface area (Å²) in [6.45, 7) is 9.18. The van der Waals surface area contributed by atoms with E-state index in [2.05, 4.69) is 6.92 Å². The first-order valence-corrected chi connectivity index (χ1v) is 8.39. The highest BCUT2D eigenvalue weighted by Crippen LogP contribution is 2.15. The van der Waals surface area contributed by atoms with Crippen LogP contribution in [0, 0.1) is 0 Å². The Bertz CT molecular complexity index is 181. The fourth-order valence-corrected chi connectivity index (χ4v) is 3.65. The summed E-state index contributed by atoms with van der Waals surface area (Å²) in [5.74, 6) is 0. The molecule has 0 amide bonds. The molecule has 1 aliphatic rings. The van der Waals surface area contributed by atoms with Gasteiger partial charge in [0.1, 0.15) is 6.10 Å². The third kappa shape index (κ3) is 6.52. The minimum absolute atomic E-state index is 0.166. The number of hydrogen-bond donors (Lipinski definition) is 0. The lowest BCUT2D eigenvalue weighted by molar-refractivity contribution is 0.0462. The molecule has 0 N–H and O–H groups in total. The van der Waals surface area contributed by atoms with E-state index in [1.807, 2.05) is 13.8 Å². The molecule has 1 fully saturated rings. The van der Waals surface area contributed by atoms with Gasteiger partial charge in [0.05, 0.1) is 18.9 Å². The molecular formula is C12H26O4Si. The highest BCUT2D eigenvalue weighted by atomic mass is 28.3. The summed E-state index contributed by atoms with van der Waals surface area (Å²) in [4.78, 5) is 0. The van der Waals surface area contributed by atoms with Crippen molar-refractivity contribution in [1.29, 1.82) is 0 Å². The van der Waals surface area contributed by atoms with Gasteiger partial charge in [-0.15, -0.1) is 0 Å². The van der Waals surface area contributed by atoms with Gasteiger partial charge in [-0.05, 0) is 20.3 Å². The molecule has 1 aliphatic heterocycles. The maximum atomic E-state index is 5.92. The topological polar surface area (TPSA) is 40.2 Å². The number of rotatable bonds is 11. The van der Waals surface area contributed by atoms with Gasteiger partial charge in [-0.25, -0.2) is 0 Å². The van der Waals surface area contributed by atoms with E-state index in [0.29, 0.717) is 25.9 Å². The fraction of sp³-hybridized carbons (Fsp3) is 1.00. The van der Waals surface area contributed by atoms with Crippen LogP contribution in [0.5, 0.6) is 0 Å². The average Bonchev–Trinajstić information content (AvgIpc) is 3.13. The Morgan fingerprint density at radius 3 is 2.35 bits per heavy atom. The van der Waals surface area contributed by atoms with Crippen LogP contribution in [0.4, 0.5) is 0 Å². The van der Waals surface area contributed by atoms with E-state index in [-0.39, 0.29) is 5.73 Å². The minimum Gasteiger partial charge on any atom is -0.395 e. The predicted octanol–water partition coefficient (Wildman–Crippen LogP) is 1.79. The molecule has 5 heteroatoms. The zero-order valence-corrected chi connectivity index (χ0v) is 12.5. The van der Waals surface area contributed by atoms with Crippen molar-refractivity contribution in [2.75, 3.05) is 26.4 Å². The number of hydrogen-bond acceptors (Lipinski definition) is 4. The Morgan fingerprint density at radius 2 is 1.88 bits per heavy atom. The molecule has 0 bridgehead atoms. The Morgan fingerprint density at radius 1 is 1.24 bits per heavy atom. The van der Waals surface area contributed by atoms with E-state index in [4.69, 9.17) is 18.3 Å². The quantitative estimate of drug-likeness (QED) is 0.420. The molecule has 102 valence electrons. The van der Waals surface area contributed by atoms with Crippen LogP contribution in [-0.2, 0) is 18.3 Å². The van der Waals surface area contributed by atoms with Crippen molar-refractivity contribution in [3.8, 4) is 0 Å². The normalized spacial score (nSPS) is 20.8. The van der Waals surface area contributed by atoms with Crippen molar-refractivity contribution in [2.45, 2.75) is 51.9 Å². The van der Waals surface area contributed by atoms with Gasteiger partial charge in [0, 0.05) is 13.2 Å². The molecule has 0 spiro atoms. The predicted molar refractivity (Wildman–Crippen MR) is 69.4 cm³/mol. The third-order valence-electron chi connectivity index (χ3n) is 2.71. The van der Waals surface area contributed by atoms with Crippen LogP contribution in [0.2, 0.25) is 0 Å². The Balaban J connectivity index is 2.36. The van der Waals surface area contributed by atoms with Gasteiger partial charge >= 0.3 is 9.28 Å². The molecule has 2 atom stereocenters. The van der Waals surface area contributed by atoms with Crippen LogP contribution in [0.15, 0.2) is 0 Å². The van der Waals surface area contributed by atoms with Crippen molar-refractivity contribution >= 4 is 9.28 Å². The van der Waals surface area contributed by atoms with Crippen LogP contribution in [0.3, 0.4) is 0 Å². The average molecular weight is 262 g/mol. The summed E-state index contributed by atoms with van der Waals surface area (Å²) in [5.41, 5.74) is 0.166. The molecular weight excluding hydrogens is 236 g/mol. The number of unbranched alkanes of at least 4 members (excludes halogenated alkanes) is 1. The van der Waals surface area contributed by atoms with Crippen molar-refractivity contribution in [1.82, 2.24) is 0 Å². The van der Waals surface area contributed by atoms with E-state index in [1.165, 1.54) is 12.8 Å². The van der Waals surface area contributed by atoms with Gasteiger partial charge in [0.15, 0.2) is 0 Å². The molecule has 1 heterocycles. The molecule has 0 aromatic rings. The van der Waals surface area contributed by atoms with E-state index in [0.717, 1.165) is 13.0 Å². The van der Waals surface area contributed by atoms with Crippen molar-refractivity contribution in [3.05, 3.63) is 0 Å². The second-order valence-electron chi connectivity index (χ2n) is 4.25. The second kappa shape index (κ2) is 9.05. The summed E-state index contributed by atoms with van der Waals surface area (Å²) >= 11 is 0. The lowest BCUT2D eigenvalue weighted by atomic mass is 10.3. The van der Waals surface area contributed by atoms with Crippen LogP contribution in [-0.4, -0.2) is 47.5 Å². The van der Waals surface area contributed by atoms with Crippen molar-refractivity contribution < 1.29 is 18.3 Å². The molecule has 1 saturated heterocycles. The molecule has 0 aliphatic carbocycles. The first-order valence-electron chi connectivity index (χ1n) is 6.78. The maximum absolute atomic E-state index is 5.92. The zero-order valence-electron chi connectivity index (χ0n) is 11.3. The van der Waals surface area contributed by atoms with Crippen LogP contribution < -0.4 is 0 Å². The highest BCUT2D eigenvalue weighted by Gasteiger charge is 2.30. The van der Waals surface area contributed by atoms with Gasteiger partial charge < -0.3 is 18.3 Å². The van der Waals surface area contributed by atoms with E-state index in [9.17, 15) is 0 Å². The standard InChI is InChI=1S/C12H26O4Si/c1-4-7-8-12(14-10-11-9-13-11)17(15-5-2)16-6-3/h11-12,17H,4-10H2,1-3H3. The molecule has 17 heavy (non-hydrogen) atoms. The maximum Gasteiger partial charge on any atom is 0.351 e. The smallest absolute Gasteiger partial charge is 0.351 e. The van der Waals surface area contributed by atoms with E-state index < -0.39 is 9.28 Å². The zero-order chi connectivity index (χ0) is 12.5. The van der Waals surface area contributed by atoms with Crippen LogP contribution in [0.1, 0.15) is 40.0 Å². The second-order valence-corrected chi connectivity index (χ2v) is 6.40. The molecule has 1 rings (SSSR count). The lowest BCUT2D eigenvalue weighted by Gasteiger charge is -2.24. The fourth-order valence-electron chi connectivity index (χ4n) is 1.69. The molecule has 4 nitrogen and oxygen atoms in total. The van der Waals surface area contributed by atoms with E-state index in [1.54, 1.807) is 0 Å². The van der Waals surface area contributed by atoms with Gasteiger partial charge in [0.2, 0.25) is 0 Å². The number of epoxide rings is 1. The third-order valence-corrected chi connectivity index (χ3v) is 5.16. The Kier molecular flexibility index (Phi) is 8.05. The summed E-state index contributed by atoms with van der Waals surface area (Å²) in [6, 6.07) is 0. The summed E-state index contributed by atoms with van der Waals surface area (Å²) < 4.78 is 22.6. The van der Waals surface area contributed by atoms with Gasteiger partial charge in [-0.1, -0.05) is 19.8 Å². The first kappa shape index (κ1) is 15.1. The van der Waals surface area contributed by atoms with Gasteiger partial charge in [-0.2, -0.15) is 0 Å². The minimum atomic E-state index is -1.69. The van der Waals surface area contributed by atoms with E-state index >= 15 is 0 Å².